The van der Waals surface area contributed by atoms with E-state index in [1.165, 1.54) is 6.92 Å². The Morgan fingerprint density at radius 1 is 0.962 bits per heavy atom. The van der Waals surface area contributed by atoms with Gasteiger partial charge in [0.1, 0.15) is 6.04 Å². The van der Waals surface area contributed by atoms with Crippen LogP contribution >= 0.6 is 15.9 Å². The van der Waals surface area contributed by atoms with Gasteiger partial charge in [-0.25, -0.2) is 0 Å². The van der Waals surface area contributed by atoms with Gasteiger partial charge in [0.2, 0.25) is 5.91 Å². The number of hydrogen-bond donors (Lipinski definition) is 2. The molecule has 2 rings (SSSR count). The number of carbonyl (C=O) groups excluding carboxylic acids is 3. The molecule has 0 unspecified atom stereocenters. The molecular weight excluding hydrogens is 396 g/mol. The van der Waals surface area contributed by atoms with Crippen molar-refractivity contribution in [2.75, 3.05) is 5.32 Å². The van der Waals surface area contributed by atoms with Crippen molar-refractivity contribution in [2.45, 2.75) is 26.8 Å². The van der Waals surface area contributed by atoms with E-state index in [9.17, 15) is 14.4 Å². The average Bonchev–Trinajstić information content (AvgIpc) is 2.59. The van der Waals surface area contributed by atoms with E-state index in [0.29, 0.717) is 16.8 Å². The minimum atomic E-state index is -0.702. The molecule has 136 valence electrons. The van der Waals surface area contributed by atoms with E-state index in [1.54, 1.807) is 48.5 Å². The highest BCUT2D eigenvalue weighted by atomic mass is 79.9. The first-order chi connectivity index (χ1) is 12.3. The molecule has 0 spiro atoms. The Morgan fingerprint density at radius 2 is 1.62 bits per heavy atom. The van der Waals surface area contributed by atoms with Crippen LogP contribution in [0.1, 0.15) is 41.5 Å². The molecule has 0 radical (unpaired) electrons. The third kappa shape index (κ3) is 5.26. The van der Waals surface area contributed by atoms with Crippen LogP contribution in [0.4, 0.5) is 5.69 Å². The van der Waals surface area contributed by atoms with Gasteiger partial charge < -0.3 is 10.6 Å². The largest absolute Gasteiger partial charge is 0.340 e. The number of anilines is 1. The number of amides is 2. The van der Waals surface area contributed by atoms with E-state index < -0.39 is 6.04 Å². The lowest BCUT2D eigenvalue weighted by Crippen LogP contribution is -2.47. The summed E-state index contributed by atoms with van der Waals surface area (Å²) < 4.78 is 0.873. The van der Waals surface area contributed by atoms with E-state index in [0.717, 1.165) is 4.47 Å². The quantitative estimate of drug-likeness (QED) is 0.697. The number of Topliss-reactive ketones (excluding diaryl/α,β-unsaturated/α-hetero) is 1. The lowest BCUT2D eigenvalue weighted by atomic mass is 10.0. The molecule has 0 aromatic heterocycles. The fourth-order valence-corrected chi connectivity index (χ4v) is 2.66. The van der Waals surface area contributed by atoms with Gasteiger partial charge >= 0.3 is 0 Å². The maximum absolute atomic E-state index is 12.6. The molecule has 0 aliphatic heterocycles. The Hall–Kier alpha value is -2.47. The summed E-state index contributed by atoms with van der Waals surface area (Å²) in [5, 5.41) is 5.55. The van der Waals surface area contributed by atoms with Gasteiger partial charge in [-0.1, -0.05) is 41.9 Å². The van der Waals surface area contributed by atoms with Gasteiger partial charge in [0, 0.05) is 21.3 Å². The standard InChI is InChI=1S/C20H21BrN2O3/c1-12(2)18(23-19(25)14-7-9-16(21)10-8-14)20(26)22-17-6-4-5-15(11-17)13(3)24/h4-12,18H,1-3H3,(H,22,26)(H,23,25)/t18-/m0/s1. The van der Waals surface area contributed by atoms with Crippen molar-refractivity contribution in [1.29, 1.82) is 0 Å². The number of halogens is 1. The molecule has 0 aliphatic rings. The zero-order valence-electron chi connectivity index (χ0n) is 14.9. The number of carbonyl (C=O) groups is 3. The number of nitrogens with one attached hydrogen (secondary N) is 2. The second-order valence-electron chi connectivity index (χ2n) is 6.33. The highest BCUT2D eigenvalue weighted by Gasteiger charge is 2.25. The lowest BCUT2D eigenvalue weighted by Gasteiger charge is -2.22. The summed E-state index contributed by atoms with van der Waals surface area (Å²) in [5.41, 5.74) is 1.51. The molecule has 2 amide bonds. The van der Waals surface area contributed by atoms with Crippen LogP contribution in [-0.2, 0) is 4.79 Å². The average molecular weight is 417 g/mol. The molecule has 2 N–H and O–H groups in total. The Morgan fingerprint density at radius 3 is 2.19 bits per heavy atom. The second kappa shape index (κ2) is 8.76. The maximum atomic E-state index is 12.6. The van der Waals surface area contributed by atoms with E-state index in [1.807, 2.05) is 13.8 Å². The molecule has 2 aromatic rings. The maximum Gasteiger partial charge on any atom is 0.251 e. The summed E-state index contributed by atoms with van der Waals surface area (Å²) in [5.74, 6) is -0.828. The first kappa shape index (κ1) is 19.8. The monoisotopic (exact) mass is 416 g/mol. The van der Waals surface area contributed by atoms with E-state index in [-0.39, 0.29) is 23.5 Å². The third-order valence-electron chi connectivity index (χ3n) is 3.88. The highest BCUT2D eigenvalue weighted by Crippen LogP contribution is 2.14. The van der Waals surface area contributed by atoms with Crippen molar-refractivity contribution in [3.8, 4) is 0 Å². The molecule has 1 atom stereocenters. The Bertz CT molecular complexity index is 816. The van der Waals surface area contributed by atoms with Crippen molar-refractivity contribution in [3.63, 3.8) is 0 Å². The zero-order valence-corrected chi connectivity index (χ0v) is 16.5. The van der Waals surface area contributed by atoms with Crippen LogP contribution in [0.3, 0.4) is 0 Å². The fourth-order valence-electron chi connectivity index (χ4n) is 2.40. The highest BCUT2D eigenvalue weighted by molar-refractivity contribution is 9.10. The molecule has 0 saturated carbocycles. The lowest BCUT2D eigenvalue weighted by molar-refractivity contribution is -0.118. The van der Waals surface area contributed by atoms with Crippen molar-refractivity contribution in [2.24, 2.45) is 5.92 Å². The molecule has 5 nitrogen and oxygen atoms in total. The molecule has 6 heteroatoms. The topological polar surface area (TPSA) is 75.3 Å². The smallest absolute Gasteiger partial charge is 0.251 e. The number of hydrogen-bond acceptors (Lipinski definition) is 3. The predicted molar refractivity (Wildman–Crippen MR) is 105 cm³/mol. The first-order valence-corrected chi connectivity index (χ1v) is 9.05. The van der Waals surface area contributed by atoms with Gasteiger partial charge in [-0.15, -0.1) is 0 Å². The van der Waals surface area contributed by atoms with Crippen molar-refractivity contribution in [3.05, 3.63) is 64.1 Å². The van der Waals surface area contributed by atoms with Gasteiger partial charge in [-0.05, 0) is 49.2 Å². The molecule has 26 heavy (non-hydrogen) atoms. The predicted octanol–water partition coefficient (Wildman–Crippen LogP) is 4.04. The van der Waals surface area contributed by atoms with Gasteiger partial charge in [-0.3, -0.25) is 14.4 Å². The summed E-state index contributed by atoms with van der Waals surface area (Å²) in [6.07, 6.45) is 0. The molecule has 2 aromatic carbocycles. The summed E-state index contributed by atoms with van der Waals surface area (Å²) in [7, 11) is 0. The van der Waals surface area contributed by atoms with Gasteiger partial charge in [0.15, 0.2) is 5.78 Å². The number of rotatable bonds is 6. The Kier molecular flexibility index (Phi) is 6.69. The van der Waals surface area contributed by atoms with Crippen LogP contribution in [0.5, 0.6) is 0 Å². The Labute approximate surface area is 161 Å². The second-order valence-corrected chi connectivity index (χ2v) is 7.24. The SMILES string of the molecule is CC(=O)c1cccc(NC(=O)[C@@H](NC(=O)c2ccc(Br)cc2)C(C)C)c1. The molecular formula is C20H21BrN2O3. The number of benzene rings is 2. The molecule has 0 fully saturated rings. The normalized spacial score (nSPS) is 11.7. The van der Waals surface area contributed by atoms with Crippen LogP contribution in [0.25, 0.3) is 0 Å². The minimum Gasteiger partial charge on any atom is -0.340 e. The van der Waals surface area contributed by atoms with Crippen LogP contribution in [0.15, 0.2) is 53.0 Å². The first-order valence-electron chi connectivity index (χ1n) is 8.26. The number of ketones is 1. The van der Waals surface area contributed by atoms with Crippen molar-refractivity contribution >= 4 is 39.2 Å². The zero-order chi connectivity index (χ0) is 19.3. The van der Waals surface area contributed by atoms with E-state index >= 15 is 0 Å². The molecule has 0 saturated heterocycles. The van der Waals surface area contributed by atoms with Gasteiger partial charge in [0.05, 0.1) is 0 Å². The van der Waals surface area contributed by atoms with Crippen LogP contribution < -0.4 is 10.6 Å². The minimum absolute atomic E-state index is 0.0787. The van der Waals surface area contributed by atoms with Gasteiger partial charge in [0.25, 0.3) is 5.91 Å². The molecule has 0 bridgehead atoms. The summed E-state index contributed by atoms with van der Waals surface area (Å²) in [4.78, 5) is 36.5. The van der Waals surface area contributed by atoms with Crippen molar-refractivity contribution < 1.29 is 14.4 Å². The third-order valence-corrected chi connectivity index (χ3v) is 4.41. The van der Waals surface area contributed by atoms with Crippen LogP contribution in [0, 0.1) is 5.92 Å². The van der Waals surface area contributed by atoms with Gasteiger partial charge in [-0.2, -0.15) is 0 Å². The summed E-state index contributed by atoms with van der Waals surface area (Å²) in [6, 6.07) is 12.9. The van der Waals surface area contributed by atoms with Crippen LogP contribution in [-0.4, -0.2) is 23.6 Å². The van der Waals surface area contributed by atoms with E-state index in [2.05, 4.69) is 26.6 Å². The molecule has 0 heterocycles. The van der Waals surface area contributed by atoms with E-state index in [4.69, 9.17) is 0 Å². The van der Waals surface area contributed by atoms with Crippen LogP contribution in [0.2, 0.25) is 0 Å². The fraction of sp³-hybridized carbons (Fsp3) is 0.250. The summed E-state index contributed by atoms with van der Waals surface area (Å²) >= 11 is 3.33. The Balaban J connectivity index is 2.12. The molecule has 0 aliphatic carbocycles. The van der Waals surface area contributed by atoms with Crippen molar-refractivity contribution in [1.82, 2.24) is 5.32 Å². The summed E-state index contributed by atoms with van der Waals surface area (Å²) in [6.45, 7) is 5.19.